The quantitative estimate of drug-likeness (QED) is 0.805. The minimum absolute atomic E-state index is 0.186. The highest BCUT2D eigenvalue weighted by atomic mass is 16.5. The molecule has 2 aromatic carbocycles. The number of hydrogen-bond acceptors (Lipinski definition) is 3. The number of ether oxygens (including phenoxy) is 1. The largest absolute Gasteiger partial charge is 0.508 e. The number of rotatable bonds is 1. The standard InChI is InChI=1S/C15H12O3/c16-12-3-1-2-11(8-12)14-7-5-10-4-6-13(17)9-15(10)18-14/h1-4,6-9,16-17H,5H2. The monoisotopic (exact) mass is 240 g/mol. The maximum atomic E-state index is 9.46. The van der Waals surface area contributed by atoms with Crippen molar-refractivity contribution in [2.45, 2.75) is 6.42 Å². The zero-order valence-electron chi connectivity index (χ0n) is 9.63. The van der Waals surface area contributed by atoms with Crippen LogP contribution in [0.15, 0.2) is 48.5 Å². The fraction of sp³-hybridized carbons (Fsp3) is 0.0667. The molecule has 0 atom stereocenters. The smallest absolute Gasteiger partial charge is 0.134 e. The minimum atomic E-state index is 0.186. The lowest BCUT2D eigenvalue weighted by Crippen LogP contribution is -2.03. The molecule has 3 rings (SSSR count). The molecule has 1 aliphatic heterocycles. The fourth-order valence-corrected chi connectivity index (χ4v) is 2.01. The van der Waals surface area contributed by atoms with Gasteiger partial charge < -0.3 is 14.9 Å². The van der Waals surface area contributed by atoms with Crippen molar-refractivity contribution in [2.24, 2.45) is 0 Å². The highest BCUT2D eigenvalue weighted by Crippen LogP contribution is 2.33. The third kappa shape index (κ3) is 1.91. The summed E-state index contributed by atoms with van der Waals surface area (Å²) in [6.07, 6.45) is 2.72. The van der Waals surface area contributed by atoms with Gasteiger partial charge in [0.1, 0.15) is 23.0 Å². The molecule has 0 radical (unpaired) electrons. The molecule has 0 amide bonds. The van der Waals surface area contributed by atoms with E-state index in [1.807, 2.05) is 18.2 Å². The normalized spacial score (nSPS) is 13.4. The van der Waals surface area contributed by atoms with Crippen LogP contribution in [0, 0.1) is 0 Å². The maximum Gasteiger partial charge on any atom is 0.134 e. The van der Waals surface area contributed by atoms with Crippen LogP contribution in [0.5, 0.6) is 17.2 Å². The molecular weight excluding hydrogens is 228 g/mol. The second kappa shape index (κ2) is 4.11. The van der Waals surface area contributed by atoms with Gasteiger partial charge in [-0.1, -0.05) is 18.2 Å². The molecule has 90 valence electrons. The Morgan fingerprint density at radius 2 is 1.78 bits per heavy atom. The van der Waals surface area contributed by atoms with Gasteiger partial charge in [0.15, 0.2) is 0 Å². The molecule has 2 aromatic rings. The summed E-state index contributed by atoms with van der Waals surface area (Å²) in [5.41, 5.74) is 1.86. The van der Waals surface area contributed by atoms with Crippen LogP contribution in [0.1, 0.15) is 11.1 Å². The average Bonchev–Trinajstić information content (AvgIpc) is 2.38. The third-order valence-corrected chi connectivity index (χ3v) is 2.91. The summed E-state index contributed by atoms with van der Waals surface area (Å²) in [7, 11) is 0. The van der Waals surface area contributed by atoms with Crippen molar-refractivity contribution in [1.82, 2.24) is 0 Å². The van der Waals surface area contributed by atoms with Crippen LogP contribution in [-0.4, -0.2) is 10.2 Å². The van der Waals surface area contributed by atoms with Crippen LogP contribution in [0.4, 0.5) is 0 Å². The molecule has 1 aliphatic rings. The highest BCUT2D eigenvalue weighted by Gasteiger charge is 2.14. The molecule has 18 heavy (non-hydrogen) atoms. The van der Waals surface area contributed by atoms with E-state index in [2.05, 4.69) is 0 Å². The Balaban J connectivity index is 1.96. The molecule has 3 nitrogen and oxygen atoms in total. The number of benzene rings is 2. The molecule has 3 heteroatoms. The second-order valence-corrected chi connectivity index (χ2v) is 4.22. The predicted octanol–water partition coefficient (Wildman–Crippen LogP) is 3.07. The third-order valence-electron chi connectivity index (χ3n) is 2.91. The Hall–Kier alpha value is -2.42. The van der Waals surface area contributed by atoms with Crippen molar-refractivity contribution in [3.05, 3.63) is 59.7 Å². The number of hydrogen-bond donors (Lipinski definition) is 2. The average molecular weight is 240 g/mol. The lowest BCUT2D eigenvalue weighted by Gasteiger charge is -2.18. The van der Waals surface area contributed by atoms with Gasteiger partial charge in [-0.25, -0.2) is 0 Å². The maximum absolute atomic E-state index is 9.46. The molecule has 2 N–H and O–H groups in total. The van der Waals surface area contributed by atoms with Gasteiger partial charge in [0.05, 0.1) is 0 Å². The van der Waals surface area contributed by atoms with Gasteiger partial charge in [-0.05, 0) is 36.3 Å². The van der Waals surface area contributed by atoms with Crippen molar-refractivity contribution in [3.63, 3.8) is 0 Å². The van der Waals surface area contributed by atoms with E-state index in [0.717, 1.165) is 17.5 Å². The van der Waals surface area contributed by atoms with Gasteiger partial charge >= 0.3 is 0 Å². The van der Waals surface area contributed by atoms with E-state index in [4.69, 9.17) is 4.74 Å². The van der Waals surface area contributed by atoms with Crippen LogP contribution >= 0.6 is 0 Å². The van der Waals surface area contributed by atoms with Crippen molar-refractivity contribution in [1.29, 1.82) is 0 Å². The van der Waals surface area contributed by atoms with E-state index in [-0.39, 0.29) is 11.5 Å². The fourth-order valence-electron chi connectivity index (χ4n) is 2.01. The number of fused-ring (bicyclic) bond motifs is 1. The van der Waals surface area contributed by atoms with Crippen LogP contribution in [0.3, 0.4) is 0 Å². The SMILES string of the molecule is Oc1cccc(C2=CCc3ccc(O)cc3O2)c1. The van der Waals surface area contributed by atoms with Gasteiger partial charge in [0, 0.05) is 11.6 Å². The van der Waals surface area contributed by atoms with Gasteiger partial charge in [-0.3, -0.25) is 0 Å². The Labute approximate surface area is 105 Å². The van der Waals surface area contributed by atoms with Crippen LogP contribution in [-0.2, 0) is 6.42 Å². The summed E-state index contributed by atoms with van der Waals surface area (Å²) in [5, 5.41) is 18.9. The van der Waals surface area contributed by atoms with E-state index >= 15 is 0 Å². The first-order valence-corrected chi connectivity index (χ1v) is 5.72. The number of phenolic OH excluding ortho intramolecular Hbond substituents is 2. The van der Waals surface area contributed by atoms with Crippen molar-refractivity contribution >= 4 is 5.76 Å². The molecule has 1 heterocycles. The topological polar surface area (TPSA) is 49.7 Å². The van der Waals surface area contributed by atoms with Crippen LogP contribution < -0.4 is 4.74 Å². The zero-order valence-corrected chi connectivity index (χ0v) is 9.63. The van der Waals surface area contributed by atoms with Crippen molar-refractivity contribution in [3.8, 4) is 17.2 Å². The molecule has 0 aromatic heterocycles. The second-order valence-electron chi connectivity index (χ2n) is 4.22. The van der Waals surface area contributed by atoms with E-state index in [1.165, 1.54) is 0 Å². The van der Waals surface area contributed by atoms with Crippen LogP contribution in [0.25, 0.3) is 5.76 Å². The Bertz CT molecular complexity index is 629. The first-order valence-electron chi connectivity index (χ1n) is 5.72. The molecule has 0 unspecified atom stereocenters. The summed E-state index contributed by atoms with van der Waals surface area (Å²) in [4.78, 5) is 0. The molecule has 0 fully saturated rings. The van der Waals surface area contributed by atoms with E-state index in [0.29, 0.717) is 11.5 Å². The summed E-state index contributed by atoms with van der Waals surface area (Å²) < 4.78 is 5.74. The molecule has 0 bridgehead atoms. The predicted molar refractivity (Wildman–Crippen MR) is 68.5 cm³/mol. The van der Waals surface area contributed by atoms with Gasteiger partial charge in [0.25, 0.3) is 0 Å². The Morgan fingerprint density at radius 1 is 0.944 bits per heavy atom. The molecule has 0 aliphatic carbocycles. The van der Waals surface area contributed by atoms with Crippen molar-refractivity contribution in [2.75, 3.05) is 0 Å². The van der Waals surface area contributed by atoms with Crippen molar-refractivity contribution < 1.29 is 14.9 Å². The molecule has 0 saturated heterocycles. The minimum Gasteiger partial charge on any atom is -0.508 e. The number of aromatic hydroxyl groups is 2. The van der Waals surface area contributed by atoms with E-state index in [1.54, 1.807) is 30.3 Å². The first-order chi connectivity index (χ1) is 8.72. The van der Waals surface area contributed by atoms with Gasteiger partial charge in [-0.15, -0.1) is 0 Å². The summed E-state index contributed by atoms with van der Waals surface area (Å²) >= 11 is 0. The first kappa shape index (κ1) is 10.7. The number of phenols is 2. The summed E-state index contributed by atoms with van der Waals surface area (Å²) in [5.74, 6) is 1.75. The van der Waals surface area contributed by atoms with E-state index in [9.17, 15) is 10.2 Å². The molecule has 0 saturated carbocycles. The van der Waals surface area contributed by atoms with E-state index < -0.39 is 0 Å². The molecule has 0 spiro atoms. The molecular formula is C15H12O3. The van der Waals surface area contributed by atoms with Gasteiger partial charge in [-0.2, -0.15) is 0 Å². The lowest BCUT2D eigenvalue weighted by molar-refractivity contribution is 0.457. The summed E-state index contributed by atoms with van der Waals surface area (Å²) in [6.45, 7) is 0. The lowest BCUT2D eigenvalue weighted by atomic mass is 10.0. The number of allylic oxidation sites excluding steroid dienone is 1. The van der Waals surface area contributed by atoms with Gasteiger partial charge in [0.2, 0.25) is 0 Å². The summed E-state index contributed by atoms with van der Waals surface area (Å²) in [6, 6.07) is 12.0. The highest BCUT2D eigenvalue weighted by molar-refractivity contribution is 5.66. The Kier molecular flexibility index (Phi) is 2.45. The Morgan fingerprint density at radius 3 is 2.61 bits per heavy atom. The van der Waals surface area contributed by atoms with Crippen LogP contribution in [0.2, 0.25) is 0 Å². The zero-order chi connectivity index (χ0) is 12.5.